The molecule has 23 heavy (non-hydrogen) atoms. The predicted octanol–water partition coefficient (Wildman–Crippen LogP) is 1.31. The molecular formula is C15H25N5O3. The average molecular weight is 323 g/mol. The molecule has 1 aromatic heterocycles. The lowest BCUT2D eigenvalue weighted by atomic mass is 10.2. The molecule has 128 valence electrons. The molecule has 8 heteroatoms. The number of hydrogen-bond acceptors (Lipinski definition) is 6. The van der Waals surface area contributed by atoms with Crippen LogP contribution >= 0.6 is 0 Å². The van der Waals surface area contributed by atoms with Crippen molar-refractivity contribution in [3.05, 3.63) is 18.5 Å². The Hall–Kier alpha value is -2.38. The van der Waals surface area contributed by atoms with Crippen molar-refractivity contribution in [1.29, 1.82) is 0 Å². The molecule has 0 aromatic carbocycles. The molecule has 0 aliphatic rings. The largest absolute Gasteiger partial charge is 0.444 e. The monoisotopic (exact) mass is 323 g/mol. The number of alkyl carbamates (subject to hydrolysis) is 1. The van der Waals surface area contributed by atoms with Crippen molar-refractivity contribution in [2.75, 3.05) is 25.0 Å². The van der Waals surface area contributed by atoms with E-state index in [9.17, 15) is 9.59 Å². The number of carbonyl (C=O) groups is 2. The summed E-state index contributed by atoms with van der Waals surface area (Å²) in [7, 11) is 0. The molecule has 0 radical (unpaired) electrons. The van der Waals surface area contributed by atoms with Gasteiger partial charge in [-0.1, -0.05) is 0 Å². The average Bonchev–Trinajstić information content (AvgIpc) is 2.47. The second kappa shape index (κ2) is 9.60. The van der Waals surface area contributed by atoms with Crippen LogP contribution in [0.4, 0.5) is 10.7 Å². The Balaban J connectivity index is 2.01. The fourth-order valence-corrected chi connectivity index (χ4v) is 1.61. The van der Waals surface area contributed by atoms with Crippen LogP contribution in [0.25, 0.3) is 0 Å². The number of amides is 2. The summed E-state index contributed by atoms with van der Waals surface area (Å²) in [4.78, 5) is 31.0. The number of aromatic nitrogens is 2. The maximum Gasteiger partial charge on any atom is 0.407 e. The van der Waals surface area contributed by atoms with E-state index in [1.807, 2.05) is 0 Å². The first-order valence-corrected chi connectivity index (χ1v) is 7.61. The first kappa shape index (κ1) is 18.7. The van der Waals surface area contributed by atoms with Crippen LogP contribution in [0, 0.1) is 0 Å². The highest BCUT2D eigenvalue weighted by molar-refractivity contribution is 5.76. The van der Waals surface area contributed by atoms with E-state index < -0.39 is 11.7 Å². The van der Waals surface area contributed by atoms with Crippen LogP contribution in [0.2, 0.25) is 0 Å². The van der Waals surface area contributed by atoms with Gasteiger partial charge in [0.1, 0.15) is 5.60 Å². The minimum atomic E-state index is -0.517. The van der Waals surface area contributed by atoms with Crippen LogP contribution in [-0.2, 0) is 9.53 Å². The number of ether oxygens (including phenoxy) is 1. The predicted molar refractivity (Wildman–Crippen MR) is 87.0 cm³/mol. The molecule has 0 aliphatic heterocycles. The topological polar surface area (TPSA) is 105 Å². The highest BCUT2D eigenvalue weighted by atomic mass is 16.6. The Labute approximate surface area is 136 Å². The summed E-state index contributed by atoms with van der Waals surface area (Å²) >= 11 is 0. The van der Waals surface area contributed by atoms with Gasteiger partial charge in [-0.05, 0) is 33.3 Å². The molecule has 0 saturated carbocycles. The van der Waals surface area contributed by atoms with E-state index in [1.165, 1.54) is 0 Å². The van der Waals surface area contributed by atoms with Gasteiger partial charge in [0.15, 0.2) is 0 Å². The van der Waals surface area contributed by atoms with Crippen molar-refractivity contribution in [2.45, 2.75) is 39.2 Å². The third-order valence-corrected chi connectivity index (χ3v) is 2.54. The summed E-state index contributed by atoms with van der Waals surface area (Å²) in [5.41, 5.74) is -0.517. The molecule has 2 amide bonds. The van der Waals surface area contributed by atoms with E-state index >= 15 is 0 Å². The minimum Gasteiger partial charge on any atom is -0.444 e. The van der Waals surface area contributed by atoms with Crippen molar-refractivity contribution in [2.24, 2.45) is 0 Å². The molecule has 1 rings (SSSR count). The Morgan fingerprint density at radius 1 is 1.09 bits per heavy atom. The molecule has 0 atom stereocenters. The van der Waals surface area contributed by atoms with Gasteiger partial charge in [-0.15, -0.1) is 0 Å². The Morgan fingerprint density at radius 2 is 1.78 bits per heavy atom. The second-order valence-corrected chi connectivity index (χ2v) is 5.88. The van der Waals surface area contributed by atoms with E-state index in [4.69, 9.17) is 4.74 Å². The number of nitrogens with zero attached hydrogens (tertiary/aromatic N) is 2. The summed E-state index contributed by atoms with van der Waals surface area (Å²) in [5.74, 6) is 0.468. The van der Waals surface area contributed by atoms with Crippen molar-refractivity contribution in [3.8, 4) is 0 Å². The first-order chi connectivity index (χ1) is 10.9. The number of nitrogens with one attached hydrogen (secondary N) is 3. The fraction of sp³-hybridized carbons (Fsp3) is 0.600. The van der Waals surface area contributed by atoms with Crippen LogP contribution in [0.3, 0.4) is 0 Å². The first-order valence-electron chi connectivity index (χ1n) is 7.61. The van der Waals surface area contributed by atoms with Crippen molar-refractivity contribution >= 4 is 17.9 Å². The molecule has 0 bridgehead atoms. The normalized spacial score (nSPS) is 10.7. The number of anilines is 1. The SMILES string of the molecule is CC(C)(C)OC(=O)NCCCC(=O)NCCNc1ncccn1. The van der Waals surface area contributed by atoms with Crippen LogP contribution < -0.4 is 16.0 Å². The summed E-state index contributed by atoms with van der Waals surface area (Å²) in [6.07, 6.45) is 3.72. The number of hydrogen-bond donors (Lipinski definition) is 3. The summed E-state index contributed by atoms with van der Waals surface area (Å²) < 4.78 is 5.10. The zero-order valence-corrected chi connectivity index (χ0v) is 13.9. The third kappa shape index (κ3) is 10.0. The van der Waals surface area contributed by atoms with Gasteiger partial charge in [0, 0.05) is 38.4 Å². The van der Waals surface area contributed by atoms with Crippen LogP contribution in [0.5, 0.6) is 0 Å². The van der Waals surface area contributed by atoms with Gasteiger partial charge in [0.25, 0.3) is 0 Å². The van der Waals surface area contributed by atoms with Gasteiger partial charge < -0.3 is 20.7 Å². The molecule has 0 unspecified atom stereocenters. The van der Waals surface area contributed by atoms with Gasteiger partial charge in [-0.25, -0.2) is 14.8 Å². The zero-order valence-electron chi connectivity index (χ0n) is 13.9. The molecule has 1 aromatic rings. The molecular weight excluding hydrogens is 298 g/mol. The molecule has 3 N–H and O–H groups in total. The highest BCUT2D eigenvalue weighted by Crippen LogP contribution is 2.06. The van der Waals surface area contributed by atoms with Gasteiger partial charge >= 0.3 is 6.09 Å². The summed E-state index contributed by atoms with van der Waals surface area (Å²) in [6, 6.07) is 1.73. The Kier molecular flexibility index (Phi) is 7.79. The van der Waals surface area contributed by atoms with Gasteiger partial charge in [-0.3, -0.25) is 4.79 Å². The molecule has 8 nitrogen and oxygen atoms in total. The quantitative estimate of drug-likeness (QED) is 0.623. The number of carbonyl (C=O) groups excluding carboxylic acids is 2. The van der Waals surface area contributed by atoms with E-state index in [1.54, 1.807) is 39.2 Å². The van der Waals surface area contributed by atoms with Gasteiger partial charge in [0.2, 0.25) is 11.9 Å². The van der Waals surface area contributed by atoms with Gasteiger partial charge in [0.05, 0.1) is 0 Å². The maximum atomic E-state index is 11.6. The molecule has 1 heterocycles. The third-order valence-electron chi connectivity index (χ3n) is 2.54. The minimum absolute atomic E-state index is 0.0632. The molecule has 0 fully saturated rings. The number of rotatable bonds is 8. The van der Waals surface area contributed by atoms with Gasteiger partial charge in [-0.2, -0.15) is 0 Å². The lowest BCUT2D eigenvalue weighted by Gasteiger charge is -2.19. The van der Waals surface area contributed by atoms with Crippen LogP contribution in [0.15, 0.2) is 18.5 Å². The maximum absolute atomic E-state index is 11.6. The van der Waals surface area contributed by atoms with Crippen LogP contribution in [-0.4, -0.2) is 47.2 Å². The Morgan fingerprint density at radius 3 is 2.43 bits per heavy atom. The highest BCUT2D eigenvalue weighted by Gasteiger charge is 2.15. The lowest BCUT2D eigenvalue weighted by molar-refractivity contribution is -0.121. The molecule has 0 spiro atoms. The second-order valence-electron chi connectivity index (χ2n) is 5.88. The molecule has 0 aliphatic carbocycles. The van der Waals surface area contributed by atoms with E-state index in [0.717, 1.165) is 0 Å². The summed E-state index contributed by atoms with van der Waals surface area (Å²) in [5, 5.41) is 8.39. The standard InChI is InChI=1S/C15H25N5O3/c1-15(2,3)23-14(22)20-7-4-6-12(21)16-10-11-19-13-17-8-5-9-18-13/h5,8-9H,4,6-7,10-11H2,1-3H3,(H,16,21)(H,20,22)(H,17,18,19). The van der Waals surface area contributed by atoms with E-state index in [0.29, 0.717) is 38.4 Å². The fourth-order valence-electron chi connectivity index (χ4n) is 1.61. The summed E-state index contributed by atoms with van der Waals surface area (Å²) in [6.45, 7) is 6.83. The zero-order chi connectivity index (χ0) is 17.1. The van der Waals surface area contributed by atoms with Crippen molar-refractivity contribution in [3.63, 3.8) is 0 Å². The van der Waals surface area contributed by atoms with Crippen molar-refractivity contribution in [1.82, 2.24) is 20.6 Å². The Bertz CT molecular complexity index is 488. The van der Waals surface area contributed by atoms with Crippen molar-refractivity contribution < 1.29 is 14.3 Å². The lowest BCUT2D eigenvalue weighted by Crippen LogP contribution is -2.34. The molecule has 0 saturated heterocycles. The van der Waals surface area contributed by atoms with E-state index in [-0.39, 0.29) is 5.91 Å². The van der Waals surface area contributed by atoms with E-state index in [2.05, 4.69) is 25.9 Å². The van der Waals surface area contributed by atoms with Crippen LogP contribution in [0.1, 0.15) is 33.6 Å². The smallest absolute Gasteiger partial charge is 0.407 e.